The molecule has 43 heavy (non-hydrogen) atoms. The summed E-state index contributed by atoms with van der Waals surface area (Å²) in [6.07, 6.45) is 0. The summed E-state index contributed by atoms with van der Waals surface area (Å²) in [5.74, 6) is 2.30. The Morgan fingerprint density at radius 1 is 0.302 bits per heavy atom. The lowest BCUT2D eigenvalue weighted by Gasteiger charge is -2.35. The van der Waals surface area contributed by atoms with Crippen molar-refractivity contribution in [3.63, 3.8) is 0 Å². The molecular weight excluding hydrogens is 533 g/mol. The van der Waals surface area contributed by atoms with Crippen molar-refractivity contribution in [3.05, 3.63) is 156 Å². The van der Waals surface area contributed by atoms with E-state index in [2.05, 4.69) is 189 Å². The standard InChI is InChI=1S/C30H32Si.C12H18/c1-23(2)29-21-20-28(22-30(29)24(3)4)31(25-14-8-5-9-15-25,26-16-10-6-11-17-26)27-18-12-7-13-19-27;1-9(2)11-7-5-6-8-12(11)10(3)4/h5-24H,1-4H3;5-10H,1-4H3. The molecule has 1 heteroatoms. The third-order valence-corrected chi connectivity index (χ3v) is 13.4. The summed E-state index contributed by atoms with van der Waals surface area (Å²) in [5.41, 5.74) is 5.93. The van der Waals surface area contributed by atoms with Crippen molar-refractivity contribution in [2.45, 2.75) is 79.1 Å². The van der Waals surface area contributed by atoms with E-state index >= 15 is 0 Å². The van der Waals surface area contributed by atoms with E-state index in [-0.39, 0.29) is 0 Å². The average molecular weight is 583 g/mol. The van der Waals surface area contributed by atoms with E-state index in [1.54, 1.807) is 0 Å². The van der Waals surface area contributed by atoms with Crippen molar-refractivity contribution in [2.24, 2.45) is 0 Å². The normalized spacial score (nSPS) is 11.6. The van der Waals surface area contributed by atoms with Crippen LogP contribution in [0.3, 0.4) is 0 Å². The van der Waals surface area contributed by atoms with E-state index in [1.165, 1.54) is 43.0 Å². The summed E-state index contributed by atoms with van der Waals surface area (Å²) >= 11 is 0. The molecular formula is C42H50Si. The summed E-state index contributed by atoms with van der Waals surface area (Å²) in [7, 11) is -2.43. The summed E-state index contributed by atoms with van der Waals surface area (Å²) in [4.78, 5) is 0. The van der Waals surface area contributed by atoms with Gasteiger partial charge in [0.25, 0.3) is 0 Å². The van der Waals surface area contributed by atoms with Gasteiger partial charge in [-0.05, 0) is 66.7 Å². The molecule has 0 atom stereocenters. The van der Waals surface area contributed by atoms with Gasteiger partial charge in [-0.25, -0.2) is 0 Å². The van der Waals surface area contributed by atoms with Crippen LogP contribution in [0.2, 0.25) is 0 Å². The second kappa shape index (κ2) is 14.7. The zero-order valence-electron chi connectivity index (χ0n) is 27.5. The fraction of sp³-hybridized carbons (Fsp3) is 0.286. The Kier molecular flexibility index (Phi) is 11.0. The topological polar surface area (TPSA) is 0 Å². The molecule has 0 heterocycles. The fourth-order valence-corrected chi connectivity index (χ4v) is 11.2. The molecule has 5 rings (SSSR count). The minimum atomic E-state index is -2.43. The average Bonchev–Trinajstić information content (AvgIpc) is 3.03. The highest BCUT2D eigenvalue weighted by Gasteiger charge is 2.41. The second-order valence-corrected chi connectivity index (χ2v) is 16.7. The third-order valence-electron chi connectivity index (χ3n) is 8.62. The molecule has 0 unspecified atom stereocenters. The summed E-state index contributed by atoms with van der Waals surface area (Å²) in [6.45, 7) is 18.3. The molecule has 0 aromatic heterocycles. The van der Waals surface area contributed by atoms with Gasteiger partial charge in [0.2, 0.25) is 0 Å². The largest absolute Gasteiger partial charge is 0.179 e. The van der Waals surface area contributed by atoms with Gasteiger partial charge in [-0.3, -0.25) is 0 Å². The van der Waals surface area contributed by atoms with Crippen LogP contribution >= 0.6 is 0 Å². The molecule has 5 aromatic rings. The van der Waals surface area contributed by atoms with Crippen molar-refractivity contribution in [2.75, 3.05) is 0 Å². The molecule has 0 saturated heterocycles. The van der Waals surface area contributed by atoms with Crippen LogP contribution in [0.4, 0.5) is 0 Å². The first kappa shape index (κ1) is 32.2. The Labute approximate surface area is 262 Å². The number of hydrogen-bond acceptors (Lipinski definition) is 0. The Balaban J connectivity index is 0.000000296. The quantitative estimate of drug-likeness (QED) is 0.126. The van der Waals surface area contributed by atoms with Gasteiger partial charge in [0, 0.05) is 0 Å². The van der Waals surface area contributed by atoms with E-state index in [4.69, 9.17) is 0 Å². The number of benzene rings is 5. The van der Waals surface area contributed by atoms with Gasteiger partial charge < -0.3 is 0 Å². The molecule has 0 aliphatic rings. The van der Waals surface area contributed by atoms with Crippen LogP contribution in [-0.4, -0.2) is 8.07 Å². The van der Waals surface area contributed by atoms with Crippen LogP contribution in [0.1, 0.15) is 101 Å². The first-order chi connectivity index (χ1) is 20.7. The molecule has 0 amide bonds. The molecule has 0 aliphatic heterocycles. The van der Waals surface area contributed by atoms with Crippen molar-refractivity contribution in [1.82, 2.24) is 0 Å². The Bertz CT molecular complexity index is 1420. The first-order valence-corrected chi connectivity index (χ1v) is 18.1. The summed E-state index contributed by atoms with van der Waals surface area (Å²) in [5, 5.41) is 5.75. The molecule has 0 aliphatic carbocycles. The lowest BCUT2D eigenvalue weighted by Crippen LogP contribution is -2.74. The van der Waals surface area contributed by atoms with Gasteiger partial charge >= 0.3 is 0 Å². The van der Waals surface area contributed by atoms with Crippen LogP contribution in [0.5, 0.6) is 0 Å². The Hall–Kier alpha value is -3.68. The molecule has 0 spiro atoms. The third kappa shape index (κ3) is 7.11. The monoisotopic (exact) mass is 582 g/mol. The highest BCUT2D eigenvalue weighted by atomic mass is 28.3. The fourth-order valence-electron chi connectivity index (χ4n) is 6.46. The van der Waals surface area contributed by atoms with Crippen LogP contribution in [0.25, 0.3) is 0 Å². The first-order valence-electron chi connectivity index (χ1n) is 16.1. The van der Waals surface area contributed by atoms with E-state index in [9.17, 15) is 0 Å². The zero-order chi connectivity index (χ0) is 31.0. The molecule has 0 saturated carbocycles. The van der Waals surface area contributed by atoms with E-state index < -0.39 is 8.07 Å². The van der Waals surface area contributed by atoms with Crippen molar-refractivity contribution in [1.29, 1.82) is 0 Å². The molecule has 0 bridgehead atoms. The number of rotatable bonds is 8. The van der Waals surface area contributed by atoms with E-state index in [0.717, 1.165) is 0 Å². The summed E-state index contributed by atoms with van der Waals surface area (Å²) in [6, 6.07) is 49.6. The second-order valence-electron chi connectivity index (χ2n) is 12.9. The lowest BCUT2D eigenvalue weighted by atomic mass is 9.91. The Morgan fingerprint density at radius 3 is 0.930 bits per heavy atom. The van der Waals surface area contributed by atoms with Gasteiger partial charge in [0.15, 0.2) is 8.07 Å². The van der Waals surface area contributed by atoms with Crippen LogP contribution in [-0.2, 0) is 0 Å². The van der Waals surface area contributed by atoms with Gasteiger partial charge in [-0.1, -0.05) is 189 Å². The minimum absolute atomic E-state index is 0.492. The maximum absolute atomic E-state index is 2.53. The highest BCUT2D eigenvalue weighted by molar-refractivity contribution is 7.19. The van der Waals surface area contributed by atoms with Gasteiger partial charge in [-0.15, -0.1) is 0 Å². The van der Waals surface area contributed by atoms with Crippen LogP contribution < -0.4 is 20.7 Å². The summed E-state index contributed by atoms with van der Waals surface area (Å²) < 4.78 is 0. The van der Waals surface area contributed by atoms with Crippen molar-refractivity contribution < 1.29 is 0 Å². The van der Waals surface area contributed by atoms with Gasteiger partial charge in [0.1, 0.15) is 0 Å². The van der Waals surface area contributed by atoms with E-state index in [0.29, 0.717) is 23.7 Å². The number of hydrogen-bond donors (Lipinski definition) is 0. The lowest BCUT2D eigenvalue weighted by molar-refractivity contribution is 0.790. The molecule has 0 N–H and O–H groups in total. The SMILES string of the molecule is CC(C)c1ccc([Si](c2ccccc2)(c2ccccc2)c2ccccc2)cc1C(C)C.CC(C)c1ccccc1C(C)C. The Morgan fingerprint density at radius 2 is 0.605 bits per heavy atom. The smallest absolute Gasteiger partial charge is 0.0623 e. The van der Waals surface area contributed by atoms with Crippen LogP contribution in [0, 0.1) is 0 Å². The predicted molar refractivity (Wildman–Crippen MR) is 193 cm³/mol. The van der Waals surface area contributed by atoms with Crippen molar-refractivity contribution >= 4 is 28.8 Å². The predicted octanol–water partition coefficient (Wildman–Crippen LogP) is 9.24. The molecule has 0 nitrogen and oxygen atoms in total. The van der Waals surface area contributed by atoms with Crippen LogP contribution in [0.15, 0.2) is 133 Å². The molecule has 222 valence electrons. The maximum atomic E-state index is 2.53. The van der Waals surface area contributed by atoms with Gasteiger partial charge in [-0.2, -0.15) is 0 Å². The highest BCUT2D eigenvalue weighted by Crippen LogP contribution is 2.27. The molecule has 0 radical (unpaired) electrons. The molecule has 0 fully saturated rings. The zero-order valence-corrected chi connectivity index (χ0v) is 28.5. The maximum Gasteiger partial charge on any atom is 0.179 e. The minimum Gasteiger partial charge on any atom is -0.0623 e. The van der Waals surface area contributed by atoms with Crippen molar-refractivity contribution in [3.8, 4) is 0 Å². The van der Waals surface area contributed by atoms with E-state index in [1.807, 2.05) is 0 Å². The molecule has 5 aromatic carbocycles. The van der Waals surface area contributed by atoms with Gasteiger partial charge in [0.05, 0.1) is 0 Å².